The molecule has 0 bridgehead atoms. The average molecular weight is 318 g/mol. The van der Waals surface area contributed by atoms with Crippen molar-refractivity contribution in [3.05, 3.63) is 51.7 Å². The van der Waals surface area contributed by atoms with Crippen molar-refractivity contribution in [1.82, 2.24) is 14.9 Å². The number of hydrogen-bond donors (Lipinski definition) is 0. The van der Waals surface area contributed by atoms with E-state index in [0.717, 1.165) is 5.56 Å². The summed E-state index contributed by atoms with van der Waals surface area (Å²) in [5.74, 6) is 0.264. The molecule has 2 aromatic rings. The van der Waals surface area contributed by atoms with Crippen LogP contribution in [0.4, 0.5) is 4.39 Å². The molecule has 0 N–H and O–H groups in total. The molecule has 0 atom stereocenters. The molecule has 0 radical (unpaired) electrons. The van der Waals surface area contributed by atoms with Gasteiger partial charge in [0.2, 0.25) is 5.16 Å². The predicted molar refractivity (Wildman–Crippen MR) is 84.1 cm³/mol. The second kappa shape index (κ2) is 5.31. The molecule has 1 aromatic carbocycles. The molecular weight excluding hydrogens is 303 g/mol. The zero-order chi connectivity index (χ0) is 15.9. The molecule has 0 aliphatic carbocycles. The van der Waals surface area contributed by atoms with Crippen LogP contribution in [-0.2, 0) is 5.41 Å². The quantitative estimate of drug-likeness (QED) is 0.810. The minimum atomic E-state index is -0.403. The van der Waals surface area contributed by atoms with Gasteiger partial charge in [0, 0.05) is 11.2 Å². The third kappa shape index (κ3) is 2.68. The van der Waals surface area contributed by atoms with Crippen LogP contribution in [0.25, 0.3) is 0 Å². The Morgan fingerprint density at radius 1 is 1.18 bits per heavy atom. The van der Waals surface area contributed by atoms with Crippen LogP contribution in [0.1, 0.15) is 32.0 Å². The number of rotatable bonds is 1. The minimum absolute atomic E-state index is 0.260. The van der Waals surface area contributed by atoms with Crippen LogP contribution in [0.2, 0.25) is 0 Å². The molecule has 1 aliphatic heterocycles. The van der Waals surface area contributed by atoms with Gasteiger partial charge in [-0.3, -0.25) is 4.79 Å². The Bertz CT molecular complexity index is 806. The van der Waals surface area contributed by atoms with Gasteiger partial charge in [0.05, 0.1) is 5.71 Å². The molecule has 114 valence electrons. The van der Waals surface area contributed by atoms with E-state index >= 15 is 0 Å². The number of hydrogen-bond acceptors (Lipinski definition) is 5. The molecule has 1 aliphatic rings. The van der Waals surface area contributed by atoms with Gasteiger partial charge in [0.1, 0.15) is 11.5 Å². The van der Waals surface area contributed by atoms with Crippen LogP contribution < -0.4 is 5.56 Å². The predicted octanol–water partition coefficient (Wildman–Crippen LogP) is 2.43. The van der Waals surface area contributed by atoms with E-state index in [4.69, 9.17) is 0 Å². The van der Waals surface area contributed by atoms with Gasteiger partial charge in [0.15, 0.2) is 0 Å². The molecule has 0 unspecified atom stereocenters. The number of thioether (sulfide) groups is 1. The molecule has 0 spiro atoms. The first-order valence-electron chi connectivity index (χ1n) is 6.83. The van der Waals surface area contributed by atoms with E-state index in [0.29, 0.717) is 22.3 Å². The molecule has 0 saturated carbocycles. The van der Waals surface area contributed by atoms with Crippen LogP contribution in [0.3, 0.4) is 0 Å². The summed E-state index contributed by atoms with van der Waals surface area (Å²) in [5.41, 5.74) is 1.22. The second-order valence-corrected chi connectivity index (χ2v) is 6.98. The lowest BCUT2D eigenvalue weighted by Crippen LogP contribution is -2.34. The second-order valence-electron chi connectivity index (χ2n) is 6.04. The van der Waals surface area contributed by atoms with Crippen molar-refractivity contribution in [2.45, 2.75) is 31.3 Å². The fourth-order valence-corrected chi connectivity index (χ4v) is 2.91. The molecule has 5 nitrogen and oxygen atoms in total. The normalized spacial score (nSPS) is 14.5. The van der Waals surface area contributed by atoms with Gasteiger partial charge < -0.3 is 0 Å². The third-order valence-corrected chi connectivity index (χ3v) is 4.19. The lowest BCUT2D eigenvalue weighted by Gasteiger charge is -2.20. The number of benzene rings is 1. The highest BCUT2D eigenvalue weighted by Crippen LogP contribution is 2.23. The SMILES string of the molecule is CC(C)(C)c1nnc2n(c1=O)N=C(c1ccc(F)cc1)CS2. The molecule has 1 aromatic heterocycles. The number of halogens is 1. The maximum absolute atomic E-state index is 13.0. The highest BCUT2D eigenvalue weighted by molar-refractivity contribution is 7.99. The summed E-state index contributed by atoms with van der Waals surface area (Å²) in [5, 5.41) is 13.0. The van der Waals surface area contributed by atoms with Crippen molar-refractivity contribution in [2.24, 2.45) is 5.10 Å². The molecule has 0 saturated heterocycles. The summed E-state index contributed by atoms with van der Waals surface area (Å²) < 4.78 is 14.3. The first kappa shape index (κ1) is 14.9. The topological polar surface area (TPSA) is 60.1 Å². The molecule has 0 fully saturated rings. The Kier molecular flexibility index (Phi) is 3.60. The summed E-state index contributed by atoms with van der Waals surface area (Å²) in [6.07, 6.45) is 0. The summed E-state index contributed by atoms with van der Waals surface area (Å²) in [6, 6.07) is 6.08. The van der Waals surface area contributed by atoms with Crippen LogP contribution in [0.5, 0.6) is 0 Å². The lowest BCUT2D eigenvalue weighted by atomic mass is 9.93. The molecule has 7 heteroatoms. The Hall–Kier alpha value is -2.02. The van der Waals surface area contributed by atoms with Gasteiger partial charge in [-0.2, -0.15) is 9.78 Å². The Morgan fingerprint density at radius 2 is 1.86 bits per heavy atom. The summed E-state index contributed by atoms with van der Waals surface area (Å²) in [7, 11) is 0. The first-order chi connectivity index (χ1) is 10.4. The lowest BCUT2D eigenvalue weighted by molar-refractivity contribution is 0.508. The maximum Gasteiger partial charge on any atom is 0.297 e. The highest BCUT2D eigenvalue weighted by atomic mass is 32.2. The van der Waals surface area contributed by atoms with Crippen molar-refractivity contribution in [3.8, 4) is 0 Å². The maximum atomic E-state index is 13.0. The third-order valence-electron chi connectivity index (χ3n) is 3.26. The average Bonchev–Trinajstić information content (AvgIpc) is 2.47. The van der Waals surface area contributed by atoms with E-state index < -0.39 is 5.41 Å². The Morgan fingerprint density at radius 3 is 2.50 bits per heavy atom. The van der Waals surface area contributed by atoms with Crippen molar-refractivity contribution < 1.29 is 4.39 Å². The minimum Gasteiger partial charge on any atom is -0.265 e. The van der Waals surface area contributed by atoms with Crippen molar-refractivity contribution in [1.29, 1.82) is 0 Å². The highest BCUT2D eigenvalue weighted by Gasteiger charge is 2.25. The van der Waals surface area contributed by atoms with E-state index in [1.54, 1.807) is 12.1 Å². The first-order valence-corrected chi connectivity index (χ1v) is 7.81. The van der Waals surface area contributed by atoms with Crippen LogP contribution in [-0.4, -0.2) is 26.3 Å². The number of aromatic nitrogens is 3. The van der Waals surface area contributed by atoms with Crippen LogP contribution in [0.15, 0.2) is 39.3 Å². The van der Waals surface area contributed by atoms with Gasteiger partial charge in [-0.1, -0.05) is 44.7 Å². The largest absolute Gasteiger partial charge is 0.297 e. The number of nitrogens with zero attached hydrogens (tertiary/aromatic N) is 4. The van der Waals surface area contributed by atoms with Gasteiger partial charge in [0.25, 0.3) is 5.56 Å². The van der Waals surface area contributed by atoms with E-state index in [9.17, 15) is 9.18 Å². The van der Waals surface area contributed by atoms with Gasteiger partial charge in [-0.05, 0) is 17.7 Å². The van der Waals surface area contributed by atoms with E-state index in [1.165, 1.54) is 28.6 Å². The van der Waals surface area contributed by atoms with E-state index in [1.807, 2.05) is 20.8 Å². The Labute approximate surface area is 131 Å². The number of fused-ring (bicyclic) bond motifs is 1. The van der Waals surface area contributed by atoms with Gasteiger partial charge >= 0.3 is 0 Å². The van der Waals surface area contributed by atoms with E-state index in [-0.39, 0.29) is 11.4 Å². The molecule has 2 heterocycles. The Balaban J connectivity index is 2.11. The van der Waals surface area contributed by atoms with Crippen LogP contribution in [0, 0.1) is 5.82 Å². The molecule has 22 heavy (non-hydrogen) atoms. The molecule has 0 amide bonds. The van der Waals surface area contributed by atoms with Crippen molar-refractivity contribution in [3.63, 3.8) is 0 Å². The van der Waals surface area contributed by atoms with E-state index in [2.05, 4.69) is 15.3 Å². The van der Waals surface area contributed by atoms with Gasteiger partial charge in [-0.15, -0.1) is 10.2 Å². The standard InChI is InChI=1S/C15H15FN4OS/c1-15(2,3)12-13(21)20-14(18-17-12)22-8-11(19-20)9-4-6-10(16)7-5-9/h4-7H,8H2,1-3H3. The molecular formula is C15H15FN4OS. The summed E-state index contributed by atoms with van der Waals surface area (Å²) in [4.78, 5) is 12.6. The smallest absolute Gasteiger partial charge is 0.265 e. The summed E-state index contributed by atoms with van der Waals surface area (Å²) >= 11 is 1.39. The van der Waals surface area contributed by atoms with Gasteiger partial charge in [-0.25, -0.2) is 4.39 Å². The molecule has 3 rings (SSSR count). The fraction of sp³-hybridized carbons (Fsp3) is 0.333. The zero-order valence-corrected chi connectivity index (χ0v) is 13.3. The van der Waals surface area contributed by atoms with Crippen molar-refractivity contribution >= 4 is 17.5 Å². The fourth-order valence-electron chi connectivity index (χ4n) is 2.08. The van der Waals surface area contributed by atoms with Crippen LogP contribution >= 0.6 is 11.8 Å². The van der Waals surface area contributed by atoms with Crippen molar-refractivity contribution in [2.75, 3.05) is 5.75 Å². The zero-order valence-electron chi connectivity index (χ0n) is 12.5. The summed E-state index contributed by atoms with van der Waals surface area (Å²) in [6.45, 7) is 5.73. The monoisotopic (exact) mass is 318 g/mol.